The van der Waals surface area contributed by atoms with E-state index >= 15 is 0 Å². The molecule has 22 heteroatoms. The molecule has 1 fully saturated rings. The molecule has 0 radical (unpaired) electrons. The summed E-state index contributed by atoms with van der Waals surface area (Å²) in [7, 11) is 5.28. The molecule has 2 aromatic carbocycles. The zero-order valence-electron chi connectivity index (χ0n) is 40.4. The third-order valence-electron chi connectivity index (χ3n) is 11.6. The Morgan fingerprint density at radius 3 is 1.74 bits per heavy atom. The predicted octanol–water partition coefficient (Wildman–Crippen LogP) is 4.20. The molecule has 1 saturated heterocycles. The van der Waals surface area contributed by atoms with Crippen molar-refractivity contribution in [3.8, 4) is 23.3 Å². The predicted molar refractivity (Wildman–Crippen MR) is 261 cm³/mol. The van der Waals surface area contributed by atoms with E-state index in [9.17, 15) is 24.0 Å². The minimum atomic E-state index is -0.713. The van der Waals surface area contributed by atoms with E-state index in [4.69, 9.17) is 35.6 Å². The van der Waals surface area contributed by atoms with Crippen molar-refractivity contribution in [2.45, 2.75) is 66.7 Å². The van der Waals surface area contributed by atoms with Crippen LogP contribution in [0.25, 0.3) is 22.1 Å². The number of hydrogen-bond acceptors (Lipinski definition) is 13. The fraction of sp³-hybridized carbons (Fsp3) is 0.396. The van der Waals surface area contributed by atoms with Gasteiger partial charge >= 0.3 is 6.09 Å². The smallest absolute Gasteiger partial charge is 0.409 e. The van der Waals surface area contributed by atoms with Crippen molar-refractivity contribution in [2.75, 3.05) is 64.7 Å². The summed E-state index contributed by atoms with van der Waals surface area (Å²) in [6.45, 7) is 10.4. The number of aromatic nitrogens is 8. The molecule has 7 rings (SSSR count). The second kappa shape index (κ2) is 21.8. The average Bonchev–Trinajstić information content (AvgIpc) is 4.10. The normalized spacial score (nSPS) is 12.9. The number of benzene rings is 2. The van der Waals surface area contributed by atoms with Gasteiger partial charge in [0.2, 0.25) is 23.7 Å². The van der Waals surface area contributed by atoms with E-state index in [-0.39, 0.29) is 60.5 Å². The molecular weight excluding hydrogens is 901 g/mol. The van der Waals surface area contributed by atoms with Gasteiger partial charge in [-0.3, -0.25) is 39.2 Å². The molecule has 5 heterocycles. The van der Waals surface area contributed by atoms with Gasteiger partial charge < -0.3 is 44.6 Å². The Hall–Kier alpha value is -8.19. The molecular formula is C48H58N14O8. The van der Waals surface area contributed by atoms with Crippen molar-refractivity contribution in [3.05, 3.63) is 82.5 Å². The van der Waals surface area contributed by atoms with Gasteiger partial charge in [-0.05, 0) is 91.0 Å². The number of hydrogen-bond donors (Lipinski definition) is 4. The zero-order valence-corrected chi connectivity index (χ0v) is 40.4. The summed E-state index contributed by atoms with van der Waals surface area (Å²) in [6, 6.07) is 9.43. The molecule has 1 aliphatic heterocycles. The number of fused-ring (bicyclic) bond motifs is 2. The number of methoxy groups -OCH3 is 1. The lowest BCUT2D eigenvalue weighted by atomic mass is 9.98. The van der Waals surface area contributed by atoms with Crippen molar-refractivity contribution in [1.82, 2.24) is 48.5 Å². The number of likely N-dealkylation sites (tertiary alicyclic amines) is 1. The number of ether oxygens (including phenoxy) is 3. The maximum absolute atomic E-state index is 13.9. The van der Waals surface area contributed by atoms with Crippen LogP contribution in [0.4, 0.5) is 16.7 Å². The number of anilines is 2. The number of amides is 5. The number of nitrogens with one attached hydrogen (secondary N) is 2. The number of aryl methyl sites for hydroxylation is 4. The van der Waals surface area contributed by atoms with Gasteiger partial charge in [0.15, 0.2) is 0 Å². The molecule has 4 aromatic heterocycles. The van der Waals surface area contributed by atoms with Crippen LogP contribution in [0.15, 0.2) is 48.6 Å². The minimum Gasteiger partial charge on any atom is -0.494 e. The van der Waals surface area contributed by atoms with Crippen molar-refractivity contribution in [2.24, 2.45) is 17.4 Å². The van der Waals surface area contributed by atoms with Gasteiger partial charge in [-0.1, -0.05) is 24.0 Å². The minimum absolute atomic E-state index is 0.0275. The molecule has 5 amide bonds. The topological polar surface area (TPSA) is 267 Å². The van der Waals surface area contributed by atoms with Gasteiger partial charge in [0, 0.05) is 62.9 Å². The van der Waals surface area contributed by atoms with E-state index in [2.05, 4.69) is 32.7 Å². The van der Waals surface area contributed by atoms with Crippen LogP contribution in [0.1, 0.15) is 79.8 Å². The number of primary amides is 2. The molecule has 1 aliphatic rings. The summed E-state index contributed by atoms with van der Waals surface area (Å²) < 4.78 is 24.0. The van der Waals surface area contributed by atoms with Crippen LogP contribution in [-0.2, 0) is 30.9 Å². The second-order valence-electron chi connectivity index (χ2n) is 16.9. The van der Waals surface area contributed by atoms with Gasteiger partial charge in [-0.25, -0.2) is 14.8 Å². The van der Waals surface area contributed by atoms with E-state index in [0.29, 0.717) is 103 Å². The summed E-state index contributed by atoms with van der Waals surface area (Å²) in [5.41, 5.74) is 15.3. The van der Waals surface area contributed by atoms with Crippen molar-refractivity contribution in [1.29, 1.82) is 0 Å². The molecule has 0 bridgehead atoms. The van der Waals surface area contributed by atoms with E-state index in [1.807, 2.05) is 45.0 Å². The third kappa shape index (κ3) is 11.2. The van der Waals surface area contributed by atoms with Gasteiger partial charge in [-0.2, -0.15) is 10.2 Å². The third-order valence-corrected chi connectivity index (χ3v) is 11.6. The first-order valence-corrected chi connectivity index (χ1v) is 22.8. The number of allylic oxidation sites excluding steroid dienone is 2. The fourth-order valence-electron chi connectivity index (χ4n) is 8.10. The van der Waals surface area contributed by atoms with Crippen LogP contribution < -0.4 is 31.6 Å². The van der Waals surface area contributed by atoms with Crippen molar-refractivity contribution in [3.63, 3.8) is 0 Å². The average molecular weight is 959 g/mol. The molecule has 6 aromatic rings. The number of carbonyl (C=O) groups is 5. The second-order valence-corrected chi connectivity index (χ2v) is 16.9. The Balaban J connectivity index is 1.20. The maximum atomic E-state index is 13.9. The summed E-state index contributed by atoms with van der Waals surface area (Å²) in [6.07, 6.45) is 4.65. The highest BCUT2D eigenvalue weighted by atomic mass is 16.6. The number of piperidine rings is 1. The lowest BCUT2D eigenvalue weighted by Gasteiger charge is -2.29. The lowest BCUT2D eigenvalue weighted by Crippen LogP contribution is -2.39. The van der Waals surface area contributed by atoms with Crippen molar-refractivity contribution < 1.29 is 38.2 Å². The van der Waals surface area contributed by atoms with Crippen LogP contribution in [0.3, 0.4) is 0 Å². The number of imidazole rings is 2. The van der Waals surface area contributed by atoms with E-state index in [0.717, 1.165) is 0 Å². The number of carbonyl (C=O) groups excluding carboxylic acids is 5. The quantitative estimate of drug-likeness (QED) is 0.0696. The van der Waals surface area contributed by atoms with Gasteiger partial charge in [0.1, 0.15) is 47.1 Å². The molecule has 22 nitrogen and oxygen atoms in total. The monoisotopic (exact) mass is 958 g/mol. The number of nitrogens with zero attached hydrogens (tertiary/aromatic N) is 10. The summed E-state index contributed by atoms with van der Waals surface area (Å²) in [4.78, 5) is 78.2. The molecule has 0 atom stereocenters. The van der Waals surface area contributed by atoms with E-state index in [1.165, 1.54) is 31.4 Å². The van der Waals surface area contributed by atoms with Crippen LogP contribution in [0.5, 0.6) is 11.5 Å². The van der Waals surface area contributed by atoms with Crippen LogP contribution >= 0.6 is 0 Å². The molecule has 0 saturated carbocycles. The number of rotatable bonds is 18. The highest BCUT2D eigenvalue weighted by Gasteiger charge is 2.25. The lowest BCUT2D eigenvalue weighted by molar-refractivity contribution is 0.0860. The zero-order chi connectivity index (χ0) is 50.2. The highest BCUT2D eigenvalue weighted by Crippen LogP contribution is 2.33. The largest absolute Gasteiger partial charge is 0.494 e. The van der Waals surface area contributed by atoms with Crippen LogP contribution in [-0.4, -0.2) is 132 Å². The highest BCUT2D eigenvalue weighted by molar-refractivity contribution is 6.05. The molecule has 0 unspecified atom stereocenters. The summed E-state index contributed by atoms with van der Waals surface area (Å²) in [5, 5.41) is 14.7. The fourth-order valence-corrected chi connectivity index (χ4v) is 8.10. The maximum Gasteiger partial charge on any atom is 0.409 e. The Morgan fingerprint density at radius 1 is 0.771 bits per heavy atom. The van der Waals surface area contributed by atoms with E-state index in [1.54, 1.807) is 49.4 Å². The molecule has 0 spiro atoms. The molecule has 0 aliphatic carbocycles. The number of nitrogens with two attached hydrogens (primary N) is 2. The summed E-state index contributed by atoms with van der Waals surface area (Å²) in [5.74, 6) is 4.94. The first kappa shape index (κ1) is 49.7. The molecule has 368 valence electrons. The standard InChI is InChI=1S/C48H58N14O8/c1-8-61-36(23-29(3)55-61)44(65)53-46-51-34-25-32(42(49)63)27-38(68-7)40(34)59(46)16-10-11-17-60-41-35(52-47(60)54-45(66)37-24-30(4)56-62(37)9-2)26-33(43(50)64)28-39(41)69-21-12-13-31-14-18-58(19-15-31)48(67)70-22-20-57(5)6/h10-11,23-28,31H,8-9,14-22H2,1-7H3,(H2,49,63)(H2,50,64)(H,51,53,65)(H,52,54,66)/b11-10+. The van der Waals surface area contributed by atoms with Gasteiger partial charge in [0.05, 0.1) is 29.5 Å². The van der Waals surface area contributed by atoms with Crippen LogP contribution in [0.2, 0.25) is 0 Å². The molecule has 70 heavy (non-hydrogen) atoms. The van der Waals surface area contributed by atoms with Crippen molar-refractivity contribution >= 4 is 63.7 Å². The van der Waals surface area contributed by atoms with Gasteiger partial charge in [0.25, 0.3) is 11.8 Å². The first-order chi connectivity index (χ1) is 33.6. The van der Waals surface area contributed by atoms with E-state index < -0.39 is 23.6 Å². The molecule has 6 N–H and O–H groups in total. The Kier molecular flexibility index (Phi) is 15.5. The number of likely N-dealkylation sites (N-methyl/N-ethyl adjacent to an activating group) is 1. The Labute approximate surface area is 403 Å². The Bertz CT molecular complexity index is 3050. The SMILES string of the molecule is CCn1nc(C)cc1C(=O)Nc1nc2cc(C(N)=O)cc(OC)c2n1C/C=C/Cn1c(NC(=O)c2cc(C)nn2CC)nc2cc(C(N)=O)cc(OCC#CC3CCN(C(=O)OCCN(C)C)CC3)c21. The summed E-state index contributed by atoms with van der Waals surface area (Å²) >= 11 is 0. The van der Waals surface area contributed by atoms with Crippen LogP contribution in [0, 0.1) is 31.6 Å². The van der Waals surface area contributed by atoms with Gasteiger partial charge in [-0.15, -0.1) is 0 Å². The Morgan fingerprint density at radius 2 is 1.27 bits per heavy atom. The first-order valence-electron chi connectivity index (χ1n) is 22.8.